The minimum absolute atomic E-state index is 0.0132. The SMILES string of the molecule is Cc1cnc(NC(=O)c2cccc3[nH]c(-c4cnccc4C(F)(F)F)nc23)s1. The molecule has 0 radical (unpaired) electrons. The summed E-state index contributed by atoms with van der Waals surface area (Å²) in [5.41, 5.74) is -0.112. The lowest BCUT2D eigenvalue weighted by molar-refractivity contribution is -0.137. The van der Waals surface area contributed by atoms with Crippen LogP contribution in [0.4, 0.5) is 18.3 Å². The monoisotopic (exact) mass is 403 g/mol. The molecule has 2 N–H and O–H groups in total. The first-order chi connectivity index (χ1) is 13.3. The van der Waals surface area contributed by atoms with Gasteiger partial charge in [-0.1, -0.05) is 6.07 Å². The van der Waals surface area contributed by atoms with Crippen LogP contribution in [0.2, 0.25) is 0 Å². The first-order valence-electron chi connectivity index (χ1n) is 8.07. The number of para-hydroxylation sites is 1. The number of rotatable bonds is 3. The molecule has 1 amide bonds. The van der Waals surface area contributed by atoms with Gasteiger partial charge in [0.1, 0.15) is 11.3 Å². The topological polar surface area (TPSA) is 83.6 Å². The normalized spacial score (nSPS) is 11.7. The van der Waals surface area contributed by atoms with E-state index in [9.17, 15) is 18.0 Å². The van der Waals surface area contributed by atoms with Crippen molar-refractivity contribution in [3.63, 3.8) is 0 Å². The molecule has 0 fully saturated rings. The Morgan fingerprint density at radius 3 is 2.75 bits per heavy atom. The van der Waals surface area contributed by atoms with Crippen LogP contribution in [0.1, 0.15) is 20.8 Å². The van der Waals surface area contributed by atoms with Crippen molar-refractivity contribution in [2.75, 3.05) is 5.32 Å². The Hall–Kier alpha value is -3.27. The lowest BCUT2D eigenvalue weighted by Crippen LogP contribution is -2.12. The molecule has 0 aliphatic heterocycles. The van der Waals surface area contributed by atoms with Crippen LogP contribution < -0.4 is 5.32 Å². The Bertz CT molecular complexity index is 1180. The number of hydrogen-bond acceptors (Lipinski definition) is 5. The maximum absolute atomic E-state index is 13.3. The van der Waals surface area contributed by atoms with E-state index in [1.807, 2.05) is 6.92 Å². The van der Waals surface area contributed by atoms with E-state index in [4.69, 9.17) is 0 Å². The van der Waals surface area contributed by atoms with Gasteiger partial charge >= 0.3 is 6.18 Å². The first-order valence-corrected chi connectivity index (χ1v) is 8.88. The zero-order chi connectivity index (χ0) is 19.9. The highest BCUT2D eigenvalue weighted by molar-refractivity contribution is 7.15. The van der Waals surface area contributed by atoms with Crippen LogP contribution in [-0.2, 0) is 6.18 Å². The van der Waals surface area contributed by atoms with Crippen molar-refractivity contribution >= 4 is 33.4 Å². The van der Waals surface area contributed by atoms with Crippen molar-refractivity contribution in [1.82, 2.24) is 19.9 Å². The number of H-pyrrole nitrogens is 1. The van der Waals surface area contributed by atoms with Crippen molar-refractivity contribution in [1.29, 1.82) is 0 Å². The summed E-state index contributed by atoms with van der Waals surface area (Å²) in [7, 11) is 0. The average molecular weight is 403 g/mol. The standard InChI is InChI=1S/C18H12F3N5OS/c1-9-7-23-17(28-9)26-16(27)10-3-2-4-13-14(10)25-15(24-13)11-8-22-6-5-12(11)18(19,20)21/h2-8H,1H3,(H,24,25)(H,23,26,27). The van der Waals surface area contributed by atoms with E-state index in [-0.39, 0.29) is 22.5 Å². The number of halogens is 3. The van der Waals surface area contributed by atoms with Crippen LogP contribution in [0.25, 0.3) is 22.4 Å². The van der Waals surface area contributed by atoms with Crippen LogP contribution in [0.5, 0.6) is 0 Å². The molecule has 0 aliphatic carbocycles. The van der Waals surface area contributed by atoms with Crippen molar-refractivity contribution in [3.05, 3.63) is 58.9 Å². The summed E-state index contributed by atoms with van der Waals surface area (Å²) in [5.74, 6) is -0.457. The van der Waals surface area contributed by atoms with E-state index in [0.29, 0.717) is 10.6 Å². The molecule has 0 spiro atoms. The van der Waals surface area contributed by atoms with Crippen molar-refractivity contribution in [2.24, 2.45) is 0 Å². The van der Waals surface area contributed by atoms with Crippen LogP contribution in [-0.4, -0.2) is 25.8 Å². The number of aromatic amines is 1. The number of nitrogens with zero attached hydrogens (tertiary/aromatic N) is 3. The molecule has 0 saturated heterocycles. The van der Waals surface area contributed by atoms with Gasteiger partial charge in [0, 0.05) is 29.0 Å². The van der Waals surface area contributed by atoms with Gasteiger partial charge < -0.3 is 4.98 Å². The smallest absolute Gasteiger partial charge is 0.338 e. The molecule has 3 heterocycles. The molecule has 142 valence electrons. The number of fused-ring (bicyclic) bond motifs is 1. The second kappa shape index (κ2) is 6.71. The van der Waals surface area contributed by atoms with E-state index in [2.05, 4.69) is 25.3 Å². The van der Waals surface area contributed by atoms with Crippen LogP contribution in [0.3, 0.4) is 0 Å². The van der Waals surface area contributed by atoms with Gasteiger partial charge in [-0.2, -0.15) is 13.2 Å². The van der Waals surface area contributed by atoms with E-state index in [1.54, 1.807) is 24.4 Å². The highest BCUT2D eigenvalue weighted by Crippen LogP contribution is 2.36. The van der Waals surface area contributed by atoms with Gasteiger partial charge in [0.15, 0.2) is 5.13 Å². The number of benzene rings is 1. The van der Waals surface area contributed by atoms with Crippen LogP contribution >= 0.6 is 11.3 Å². The fraction of sp³-hybridized carbons (Fsp3) is 0.111. The van der Waals surface area contributed by atoms with Crippen molar-refractivity contribution in [3.8, 4) is 11.4 Å². The van der Waals surface area contributed by atoms with E-state index in [1.165, 1.54) is 11.3 Å². The molecular formula is C18H12F3N5OS. The molecule has 0 bridgehead atoms. The van der Waals surface area contributed by atoms with Gasteiger partial charge in [0.05, 0.1) is 16.6 Å². The summed E-state index contributed by atoms with van der Waals surface area (Å²) in [5, 5.41) is 3.11. The number of thiazole rings is 1. The average Bonchev–Trinajstić information content (AvgIpc) is 3.26. The van der Waals surface area contributed by atoms with Gasteiger partial charge in [-0.05, 0) is 25.1 Å². The Kier molecular flexibility index (Phi) is 4.34. The molecule has 0 atom stereocenters. The number of carbonyl (C=O) groups is 1. The number of alkyl halides is 3. The highest BCUT2D eigenvalue weighted by atomic mass is 32.1. The maximum Gasteiger partial charge on any atom is 0.417 e. The molecule has 10 heteroatoms. The van der Waals surface area contributed by atoms with E-state index >= 15 is 0 Å². The first kappa shape index (κ1) is 18.1. The Balaban J connectivity index is 1.77. The molecule has 4 aromatic rings. The number of nitrogens with one attached hydrogen (secondary N) is 2. The Labute approximate surface area is 160 Å². The summed E-state index contributed by atoms with van der Waals surface area (Å²) in [6, 6.07) is 5.71. The molecule has 3 aromatic heterocycles. The second-order valence-corrected chi connectivity index (χ2v) is 7.17. The number of imidazole rings is 1. The number of amides is 1. The largest absolute Gasteiger partial charge is 0.417 e. The number of pyridine rings is 1. The number of aryl methyl sites for hydroxylation is 1. The molecule has 4 rings (SSSR count). The van der Waals surface area contributed by atoms with Gasteiger partial charge in [0.25, 0.3) is 5.91 Å². The third-order valence-corrected chi connectivity index (χ3v) is 4.81. The number of anilines is 1. The zero-order valence-electron chi connectivity index (χ0n) is 14.3. The fourth-order valence-electron chi connectivity index (χ4n) is 2.75. The molecule has 1 aromatic carbocycles. The third kappa shape index (κ3) is 3.33. The van der Waals surface area contributed by atoms with Gasteiger partial charge in [0.2, 0.25) is 0 Å². The molecule has 0 unspecified atom stereocenters. The highest BCUT2D eigenvalue weighted by Gasteiger charge is 2.34. The second-order valence-electron chi connectivity index (χ2n) is 5.94. The molecule has 28 heavy (non-hydrogen) atoms. The van der Waals surface area contributed by atoms with E-state index in [0.717, 1.165) is 23.3 Å². The lowest BCUT2D eigenvalue weighted by Gasteiger charge is -2.09. The molecule has 0 aliphatic rings. The van der Waals surface area contributed by atoms with Crippen molar-refractivity contribution in [2.45, 2.75) is 13.1 Å². The van der Waals surface area contributed by atoms with Crippen LogP contribution in [0, 0.1) is 6.92 Å². The predicted octanol–water partition coefficient (Wildman–Crippen LogP) is 4.66. The lowest BCUT2D eigenvalue weighted by atomic mass is 10.1. The Morgan fingerprint density at radius 2 is 2.04 bits per heavy atom. The summed E-state index contributed by atoms with van der Waals surface area (Å²) < 4.78 is 39.9. The number of hydrogen-bond donors (Lipinski definition) is 2. The Morgan fingerprint density at radius 1 is 1.21 bits per heavy atom. The zero-order valence-corrected chi connectivity index (χ0v) is 15.1. The van der Waals surface area contributed by atoms with Crippen molar-refractivity contribution < 1.29 is 18.0 Å². The quantitative estimate of drug-likeness (QED) is 0.521. The fourth-order valence-corrected chi connectivity index (χ4v) is 3.41. The van der Waals surface area contributed by atoms with E-state index < -0.39 is 17.6 Å². The minimum atomic E-state index is -4.56. The summed E-state index contributed by atoms with van der Waals surface area (Å²) >= 11 is 1.32. The predicted molar refractivity (Wildman–Crippen MR) is 99.1 cm³/mol. The number of carbonyl (C=O) groups excluding carboxylic acids is 1. The summed E-state index contributed by atoms with van der Waals surface area (Å²) in [6.45, 7) is 1.86. The molecular weight excluding hydrogens is 391 g/mol. The van der Waals surface area contributed by atoms with Gasteiger partial charge in [-0.25, -0.2) is 9.97 Å². The third-order valence-electron chi connectivity index (χ3n) is 3.98. The molecule has 0 saturated carbocycles. The minimum Gasteiger partial charge on any atom is -0.338 e. The summed E-state index contributed by atoms with van der Waals surface area (Å²) in [4.78, 5) is 28.5. The molecule has 6 nitrogen and oxygen atoms in total. The summed E-state index contributed by atoms with van der Waals surface area (Å²) in [6.07, 6.45) is -0.753. The van der Waals surface area contributed by atoms with Gasteiger partial charge in [-0.15, -0.1) is 11.3 Å². The van der Waals surface area contributed by atoms with Gasteiger partial charge in [-0.3, -0.25) is 15.1 Å². The maximum atomic E-state index is 13.3. The van der Waals surface area contributed by atoms with Crippen LogP contribution in [0.15, 0.2) is 42.9 Å². The number of aromatic nitrogens is 4.